The van der Waals surface area contributed by atoms with E-state index in [0.717, 1.165) is 4.90 Å². The summed E-state index contributed by atoms with van der Waals surface area (Å²) in [6.45, 7) is 0. The Morgan fingerprint density at radius 2 is 2.06 bits per heavy atom. The van der Waals surface area contributed by atoms with Crippen LogP contribution in [-0.2, 0) is 5.75 Å². The molecule has 0 saturated carbocycles. The summed E-state index contributed by atoms with van der Waals surface area (Å²) in [5, 5.41) is 16.5. The number of non-ortho nitro benzene ring substituents is 1. The van der Waals surface area contributed by atoms with Gasteiger partial charge in [0.1, 0.15) is 5.82 Å². The minimum atomic E-state index is -0.445. The number of nitrogens with zero attached hydrogens (tertiary/aromatic N) is 2. The number of aromatic amines is 2. The predicted octanol–water partition coefficient (Wildman–Crippen LogP) is 1.30. The van der Waals surface area contributed by atoms with Gasteiger partial charge in [0.05, 0.1) is 10.7 Å². The highest BCUT2D eigenvalue weighted by molar-refractivity contribution is 7.98. The lowest BCUT2D eigenvalue weighted by Gasteiger charge is -1.98. The summed E-state index contributed by atoms with van der Waals surface area (Å²) in [4.78, 5) is 24.2. The first-order valence-electron chi connectivity index (χ1n) is 4.66. The molecule has 7 nitrogen and oxygen atoms in total. The second-order valence-corrected chi connectivity index (χ2v) is 4.21. The van der Waals surface area contributed by atoms with E-state index in [0.29, 0.717) is 11.6 Å². The van der Waals surface area contributed by atoms with E-state index in [9.17, 15) is 14.9 Å². The summed E-state index contributed by atoms with van der Waals surface area (Å²) in [6.07, 6.45) is 0. The fourth-order valence-electron chi connectivity index (χ4n) is 1.19. The maximum atomic E-state index is 10.8. The topological polar surface area (TPSA) is 105 Å². The number of nitro groups is 1. The van der Waals surface area contributed by atoms with Gasteiger partial charge in [-0.3, -0.25) is 15.1 Å². The molecule has 0 saturated heterocycles. The molecule has 2 aromatic rings. The van der Waals surface area contributed by atoms with Crippen LogP contribution in [-0.4, -0.2) is 20.1 Å². The van der Waals surface area contributed by atoms with E-state index in [2.05, 4.69) is 15.2 Å². The Kier molecular flexibility index (Phi) is 3.24. The maximum absolute atomic E-state index is 10.8. The molecule has 0 spiro atoms. The highest BCUT2D eigenvalue weighted by Gasteiger charge is 2.05. The molecule has 0 aliphatic rings. The van der Waals surface area contributed by atoms with Crippen LogP contribution in [0.15, 0.2) is 34.0 Å². The molecule has 88 valence electrons. The van der Waals surface area contributed by atoms with Gasteiger partial charge in [-0.25, -0.2) is 9.89 Å². The Morgan fingerprint density at radius 3 is 2.59 bits per heavy atom. The first kappa shape index (κ1) is 11.4. The predicted molar refractivity (Wildman–Crippen MR) is 61.9 cm³/mol. The fourth-order valence-corrected chi connectivity index (χ4v) is 1.96. The lowest BCUT2D eigenvalue weighted by Crippen LogP contribution is -2.00. The molecule has 1 aromatic heterocycles. The van der Waals surface area contributed by atoms with Crippen molar-refractivity contribution in [1.29, 1.82) is 0 Å². The van der Waals surface area contributed by atoms with Crippen LogP contribution in [0.2, 0.25) is 0 Å². The van der Waals surface area contributed by atoms with Gasteiger partial charge in [0.15, 0.2) is 0 Å². The second-order valence-electron chi connectivity index (χ2n) is 3.16. The second kappa shape index (κ2) is 4.83. The molecule has 17 heavy (non-hydrogen) atoms. The number of benzene rings is 1. The van der Waals surface area contributed by atoms with E-state index >= 15 is 0 Å². The maximum Gasteiger partial charge on any atom is 0.340 e. The van der Waals surface area contributed by atoms with Crippen LogP contribution in [0, 0.1) is 10.1 Å². The molecule has 0 atom stereocenters. The van der Waals surface area contributed by atoms with Crippen LogP contribution in [0.4, 0.5) is 5.69 Å². The third-order valence-corrected chi connectivity index (χ3v) is 3.00. The summed E-state index contributed by atoms with van der Waals surface area (Å²) in [5.74, 6) is 1.04. The van der Waals surface area contributed by atoms with E-state index in [1.165, 1.54) is 23.9 Å². The monoisotopic (exact) mass is 252 g/mol. The van der Waals surface area contributed by atoms with Gasteiger partial charge in [-0.05, 0) is 12.1 Å². The summed E-state index contributed by atoms with van der Waals surface area (Å²) < 4.78 is 0. The third kappa shape index (κ3) is 2.94. The largest absolute Gasteiger partial charge is 0.340 e. The minimum Gasteiger partial charge on any atom is -0.292 e. The molecular formula is C9H8N4O3S. The lowest BCUT2D eigenvalue weighted by molar-refractivity contribution is -0.384. The van der Waals surface area contributed by atoms with Gasteiger partial charge in [-0.1, -0.05) is 0 Å². The van der Waals surface area contributed by atoms with Crippen LogP contribution in [0.5, 0.6) is 0 Å². The van der Waals surface area contributed by atoms with Gasteiger partial charge in [-0.15, -0.1) is 11.8 Å². The van der Waals surface area contributed by atoms with Gasteiger partial charge in [0.25, 0.3) is 5.69 Å². The molecule has 0 aliphatic carbocycles. The molecule has 0 radical (unpaired) electrons. The van der Waals surface area contributed by atoms with Crippen LogP contribution in [0.25, 0.3) is 0 Å². The number of rotatable bonds is 4. The van der Waals surface area contributed by atoms with Crippen molar-refractivity contribution in [3.63, 3.8) is 0 Å². The Balaban J connectivity index is 2.00. The number of nitro benzene ring substituents is 1. The summed E-state index contributed by atoms with van der Waals surface area (Å²) >= 11 is 1.43. The van der Waals surface area contributed by atoms with E-state index in [1.807, 2.05) is 0 Å². The molecule has 2 N–H and O–H groups in total. The standard InChI is InChI=1S/C9H8N4O3S/c14-9-10-8(11-12-9)5-17-7-3-1-6(2-4-7)13(15)16/h1-4H,5H2,(H2,10,11,12,14). The number of hydrogen-bond acceptors (Lipinski definition) is 5. The van der Waals surface area contributed by atoms with Crippen molar-refractivity contribution in [2.75, 3.05) is 0 Å². The Labute approximate surface area is 99.4 Å². The summed E-state index contributed by atoms with van der Waals surface area (Å²) in [7, 11) is 0. The average Bonchev–Trinajstić information content (AvgIpc) is 2.73. The molecule has 8 heteroatoms. The van der Waals surface area contributed by atoms with Crippen LogP contribution in [0.1, 0.15) is 5.82 Å². The van der Waals surface area contributed by atoms with Crippen molar-refractivity contribution in [2.24, 2.45) is 0 Å². The number of hydrogen-bond donors (Lipinski definition) is 2. The van der Waals surface area contributed by atoms with Crippen LogP contribution in [0.3, 0.4) is 0 Å². The molecular weight excluding hydrogens is 244 g/mol. The zero-order valence-electron chi connectivity index (χ0n) is 8.54. The van der Waals surface area contributed by atoms with Crippen LogP contribution < -0.4 is 5.69 Å². The van der Waals surface area contributed by atoms with Crippen molar-refractivity contribution in [3.8, 4) is 0 Å². The Hall–Kier alpha value is -2.09. The summed E-state index contributed by atoms with van der Waals surface area (Å²) in [5.41, 5.74) is -0.285. The van der Waals surface area contributed by atoms with Gasteiger partial charge in [0.2, 0.25) is 0 Å². The summed E-state index contributed by atoms with van der Waals surface area (Å²) in [6, 6.07) is 6.20. The normalized spacial score (nSPS) is 10.4. The molecule has 0 bridgehead atoms. The highest BCUT2D eigenvalue weighted by atomic mass is 32.2. The molecule has 0 aliphatic heterocycles. The van der Waals surface area contributed by atoms with E-state index in [4.69, 9.17) is 0 Å². The smallest absolute Gasteiger partial charge is 0.292 e. The van der Waals surface area contributed by atoms with Gasteiger partial charge in [-0.2, -0.15) is 5.10 Å². The lowest BCUT2D eigenvalue weighted by atomic mass is 10.3. The third-order valence-electron chi connectivity index (χ3n) is 1.97. The fraction of sp³-hybridized carbons (Fsp3) is 0.111. The Bertz CT molecular complexity index is 574. The zero-order chi connectivity index (χ0) is 12.3. The van der Waals surface area contributed by atoms with Crippen molar-refractivity contribution in [3.05, 3.63) is 50.7 Å². The highest BCUT2D eigenvalue weighted by Crippen LogP contribution is 2.23. The minimum absolute atomic E-state index is 0.0579. The molecule has 2 rings (SSSR count). The van der Waals surface area contributed by atoms with Gasteiger partial charge < -0.3 is 0 Å². The SMILES string of the molecule is O=c1[nH]nc(CSc2ccc([N+](=O)[O-])cc2)[nH]1. The van der Waals surface area contributed by atoms with Crippen molar-refractivity contribution in [2.45, 2.75) is 10.6 Å². The van der Waals surface area contributed by atoms with Crippen molar-refractivity contribution in [1.82, 2.24) is 15.2 Å². The zero-order valence-corrected chi connectivity index (χ0v) is 9.36. The number of nitrogens with one attached hydrogen (secondary N) is 2. The first-order chi connectivity index (χ1) is 8.15. The van der Waals surface area contributed by atoms with Crippen molar-refractivity contribution >= 4 is 17.4 Å². The molecule has 0 fully saturated rings. The van der Waals surface area contributed by atoms with Crippen LogP contribution >= 0.6 is 11.8 Å². The molecule has 0 unspecified atom stereocenters. The Morgan fingerprint density at radius 1 is 1.35 bits per heavy atom. The first-order valence-corrected chi connectivity index (χ1v) is 5.64. The van der Waals surface area contributed by atoms with Gasteiger partial charge >= 0.3 is 5.69 Å². The molecule has 0 amide bonds. The number of thioether (sulfide) groups is 1. The molecule has 1 heterocycles. The number of H-pyrrole nitrogens is 2. The van der Waals surface area contributed by atoms with E-state index in [1.54, 1.807) is 12.1 Å². The quantitative estimate of drug-likeness (QED) is 0.484. The van der Waals surface area contributed by atoms with Crippen molar-refractivity contribution < 1.29 is 4.92 Å². The van der Waals surface area contributed by atoms with Gasteiger partial charge in [0, 0.05) is 17.0 Å². The average molecular weight is 252 g/mol. The van der Waals surface area contributed by atoms with E-state index < -0.39 is 4.92 Å². The van der Waals surface area contributed by atoms with E-state index in [-0.39, 0.29) is 11.4 Å². The molecule has 1 aromatic carbocycles. The number of aromatic nitrogens is 3.